The SMILES string of the molecule is N#CC(=C1C=CNC(=NCCCn2cccn2)N1)c1cccc(NCCCn2cccn2)n1. The van der Waals surface area contributed by atoms with E-state index >= 15 is 0 Å². The highest BCUT2D eigenvalue weighted by molar-refractivity contribution is 5.89. The summed E-state index contributed by atoms with van der Waals surface area (Å²) >= 11 is 0. The van der Waals surface area contributed by atoms with Crippen LogP contribution in [0.1, 0.15) is 18.5 Å². The lowest BCUT2D eigenvalue weighted by Gasteiger charge is -2.17. The highest BCUT2D eigenvalue weighted by Crippen LogP contribution is 2.18. The minimum absolute atomic E-state index is 0.456. The van der Waals surface area contributed by atoms with E-state index in [9.17, 15) is 5.26 Å². The van der Waals surface area contributed by atoms with Crippen LogP contribution in [0.5, 0.6) is 0 Å². The zero-order chi connectivity index (χ0) is 22.7. The Balaban J connectivity index is 1.36. The maximum absolute atomic E-state index is 9.83. The van der Waals surface area contributed by atoms with E-state index in [-0.39, 0.29) is 0 Å². The van der Waals surface area contributed by atoms with Crippen LogP contribution in [0.4, 0.5) is 5.82 Å². The molecule has 168 valence electrons. The number of hydrogen-bond donors (Lipinski definition) is 3. The summed E-state index contributed by atoms with van der Waals surface area (Å²) in [6, 6.07) is 11.7. The number of rotatable bonds is 10. The van der Waals surface area contributed by atoms with Gasteiger partial charge in [-0.05, 0) is 43.2 Å². The van der Waals surface area contributed by atoms with Crippen molar-refractivity contribution in [3.63, 3.8) is 0 Å². The second kappa shape index (κ2) is 11.3. The van der Waals surface area contributed by atoms with Crippen molar-refractivity contribution in [1.29, 1.82) is 5.26 Å². The van der Waals surface area contributed by atoms with Gasteiger partial charge in [0.2, 0.25) is 0 Å². The van der Waals surface area contributed by atoms with Gasteiger partial charge in [-0.3, -0.25) is 14.4 Å². The Morgan fingerprint density at radius 1 is 1.06 bits per heavy atom. The van der Waals surface area contributed by atoms with Crippen molar-refractivity contribution in [3.05, 3.63) is 78.8 Å². The molecule has 33 heavy (non-hydrogen) atoms. The van der Waals surface area contributed by atoms with E-state index in [0.717, 1.165) is 38.3 Å². The van der Waals surface area contributed by atoms with Crippen molar-refractivity contribution < 1.29 is 0 Å². The number of nitrogens with zero attached hydrogens (tertiary/aromatic N) is 7. The lowest BCUT2D eigenvalue weighted by atomic mass is 10.1. The Hall–Kier alpha value is -4.39. The van der Waals surface area contributed by atoms with Gasteiger partial charge in [0.15, 0.2) is 5.96 Å². The maximum atomic E-state index is 9.83. The van der Waals surface area contributed by atoms with Gasteiger partial charge in [0, 0.05) is 57.2 Å². The molecule has 0 fully saturated rings. The third-order valence-corrected chi connectivity index (χ3v) is 4.91. The molecule has 0 unspecified atom stereocenters. The third kappa shape index (κ3) is 6.30. The lowest BCUT2D eigenvalue weighted by Crippen LogP contribution is -2.37. The van der Waals surface area contributed by atoms with Crippen LogP contribution >= 0.6 is 0 Å². The molecule has 3 aromatic heterocycles. The summed E-state index contributed by atoms with van der Waals surface area (Å²) in [5.74, 6) is 1.33. The number of aromatic nitrogens is 5. The molecule has 0 saturated heterocycles. The van der Waals surface area contributed by atoms with Crippen LogP contribution in [-0.2, 0) is 13.1 Å². The van der Waals surface area contributed by atoms with Gasteiger partial charge in [-0.25, -0.2) is 4.98 Å². The molecule has 4 rings (SSSR count). The number of aryl methyl sites for hydroxylation is 2. The minimum Gasteiger partial charge on any atom is -0.370 e. The predicted octanol–water partition coefficient (Wildman–Crippen LogP) is 2.36. The Bertz CT molecular complexity index is 1150. The average Bonchev–Trinajstić information content (AvgIpc) is 3.55. The molecule has 0 saturated carbocycles. The lowest BCUT2D eigenvalue weighted by molar-refractivity contribution is 0.584. The smallest absolute Gasteiger partial charge is 0.199 e. The number of nitriles is 1. The molecule has 0 radical (unpaired) electrons. The first kappa shape index (κ1) is 21.8. The highest BCUT2D eigenvalue weighted by Gasteiger charge is 2.13. The third-order valence-electron chi connectivity index (χ3n) is 4.91. The molecular weight excluding hydrogens is 416 g/mol. The van der Waals surface area contributed by atoms with E-state index in [2.05, 4.69) is 42.2 Å². The number of hydrogen-bond acceptors (Lipinski definition) is 6. The van der Waals surface area contributed by atoms with Gasteiger partial charge in [-0.2, -0.15) is 15.5 Å². The molecule has 10 heteroatoms. The fraction of sp³-hybridized carbons (Fsp3) is 0.261. The number of anilines is 1. The standard InChI is InChI=1S/C23H26N10/c24-18-19(20-6-1-7-22(30-20)25-9-2-14-32-16-4-11-28-32)21-8-13-27-23(31-21)26-10-3-15-33-17-5-12-29-33/h1,4-8,11-13,16-17H,2-3,9-10,14-15H2,(H,25,30)(H2,26,27,31). The molecule has 3 N–H and O–H groups in total. The van der Waals surface area contributed by atoms with E-state index < -0.39 is 0 Å². The molecule has 0 aliphatic carbocycles. The molecule has 0 spiro atoms. The summed E-state index contributed by atoms with van der Waals surface area (Å²) in [5.41, 5.74) is 1.71. The van der Waals surface area contributed by atoms with Crippen LogP contribution < -0.4 is 16.0 Å². The Morgan fingerprint density at radius 2 is 1.85 bits per heavy atom. The fourth-order valence-corrected chi connectivity index (χ4v) is 3.31. The quantitative estimate of drug-likeness (QED) is 0.326. The first-order valence-corrected chi connectivity index (χ1v) is 10.9. The van der Waals surface area contributed by atoms with Crippen molar-refractivity contribution in [2.45, 2.75) is 25.9 Å². The van der Waals surface area contributed by atoms with E-state index in [1.165, 1.54) is 0 Å². The molecule has 0 amide bonds. The van der Waals surface area contributed by atoms with Crippen LogP contribution in [0.3, 0.4) is 0 Å². The van der Waals surface area contributed by atoms with Gasteiger partial charge in [0.05, 0.1) is 11.4 Å². The number of guanidine groups is 1. The Labute approximate surface area is 192 Å². The summed E-state index contributed by atoms with van der Waals surface area (Å²) < 4.78 is 3.78. The van der Waals surface area contributed by atoms with Crippen LogP contribution in [-0.4, -0.2) is 43.6 Å². The van der Waals surface area contributed by atoms with E-state index in [1.54, 1.807) is 18.6 Å². The average molecular weight is 443 g/mol. The number of pyridine rings is 1. The monoisotopic (exact) mass is 442 g/mol. The fourth-order valence-electron chi connectivity index (χ4n) is 3.31. The molecule has 0 bridgehead atoms. The van der Waals surface area contributed by atoms with Crippen molar-refractivity contribution in [2.75, 3.05) is 18.4 Å². The molecule has 1 aliphatic rings. The largest absolute Gasteiger partial charge is 0.370 e. The second-order valence-corrected chi connectivity index (χ2v) is 7.31. The Kier molecular flexibility index (Phi) is 7.47. The van der Waals surface area contributed by atoms with Crippen LogP contribution in [0, 0.1) is 11.3 Å². The highest BCUT2D eigenvalue weighted by atomic mass is 15.3. The first-order valence-electron chi connectivity index (χ1n) is 10.9. The zero-order valence-electron chi connectivity index (χ0n) is 18.2. The van der Waals surface area contributed by atoms with Crippen molar-refractivity contribution in [3.8, 4) is 6.07 Å². The summed E-state index contributed by atoms with van der Waals surface area (Å²) in [5, 5.41) is 27.8. The van der Waals surface area contributed by atoms with Gasteiger partial charge in [-0.15, -0.1) is 0 Å². The Morgan fingerprint density at radius 3 is 2.58 bits per heavy atom. The molecular formula is C23H26N10. The van der Waals surface area contributed by atoms with Crippen LogP contribution in [0.2, 0.25) is 0 Å². The number of allylic oxidation sites excluding steroid dienone is 2. The van der Waals surface area contributed by atoms with Crippen molar-refractivity contribution in [1.82, 2.24) is 35.2 Å². The first-order chi connectivity index (χ1) is 16.3. The van der Waals surface area contributed by atoms with Gasteiger partial charge in [0.1, 0.15) is 17.5 Å². The molecule has 1 aliphatic heterocycles. The van der Waals surface area contributed by atoms with E-state index in [1.807, 2.05) is 58.2 Å². The van der Waals surface area contributed by atoms with E-state index in [0.29, 0.717) is 29.5 Å². The van der Waals surface area contributed by atoms with Crippen molar-refractivity contribution in [2.24, 2.45) is 4.99 Å². The molecule has 3 aromatic rings. The van der Waals surface area contributed by atoms with E-state index in [4.69, 9.17) is 0 Å². The normalized spacial score (nSPS) is 15.5. The summed E-state index contributed by atoms with van der Waals surface area (Å²) in [6.07, 6.45) is 12.8. The van der Waals surface area contributed by atoms with Crippen LogP contribution in [0.15, 0.2) is 78.1 Å². The van der Waals surface area contributed by atoms with Crippen LogP contribution in [0.25, 0.3) is 5.57 Å². The summed E-state index contributed by atoms with van der Waals surface area (Å²) in [7, 11) is 0. The number of nitrogens with one attached hydrogen (secondary N) is 3. The molecule has 0 atom stereocenters. The second-order valence-electron chi connectivity index (χ2n) is 7.31. The predicted molar refractivity (Wildman–Crippen MR) is 127 cm³/mol. The van der Waals surface area contributed by atoms with Gasteiger partial charge in [-0.1, -0.05) is 6.07 Å². The maximum Gasteiger partial charge on any atom is 0.199 e. The zero-order valence-corrected chi connectivity index (χ0v) is 18.2. The van der Waals surface area contributed by atoms with Gasteiger partial charge in [0.25, 0.3) is 0 Å². The van der Waals surface area contributed by atoms with Gasteiger partial charge < -0.3 is 16.0 Å². The molecule has 10 nitrogen and oxygen atoms in total. The topological polar surface area (TPSA) is 121 Å². The summed E-state index contributed by atoms with van der Waals surface area (Å²) in [6.45, 7) is 3.02. The summed E-state index contributed by atoms with van der Waals surface area (Å²) in [4.78, 5) is 9.18. The minimum atomic E-state index is 0.456. The number of aliphatic imine (C=N–C) groups is 1. The molecule has 0 aromatic carbocycles. The van der Waals surface area contributed by atoms with Gasteiger partial charge >= 0.3 is 0 Å². The molecule has 4 heterocycles. The van der Waals surface area contributed by atoms with Crippen molar-refractivity contribution >= 4 is 17.4 Å².